The molecule has 1 atom stereocenters. The third-order valence-corrected chi connectivity index (χ3v) is 3.86. The summed E-state index contributed by atoms with van der Waals surface area (Å²) in [5.41, 5.74) is 0.898. The van der Waals surface area contributed by atoms with Crippen molar-refractivity contribution in [3.05, 3.63) is 35.9 Å². The van der Waals surface area contributed by atoms with Gasteiger partial charge >= 0.3 is 12.1 Å². The van der Waals surface area contributed by atoms with Crippen LogP contribution >= 0.6 is 0 Å². The summed E-state index contributed by atoms with van der Waals surface area (Å²) in [7, 11) is 0. The monoisotopic (exact) mass is 306 g/mol. The Bertz CT molecular complexity index is 486. The van der Waals surface area contributed by atoms with E-state index in [-0.39, 0.29) is 25.0 Å². The number of carboxylic acid groups (broad SMARTS) is 1. The van der Waals surface area contributed by atoms with Gasteiger partial charge in [0.05, 0.1) is 6.42 Å². The highest BCUT2D eigenvalue weighted by Gasteiger charge is 2.27. The van der Waals surface area contributed by atoms with Crippen LogP contribution in [0.15, 0.2) is 30.3 Å². The normalized spacial score (nSPS) is 16.7. The van der Waals surface area contributed by atoms with Crippen LogP contribution < -0.4 is 10.6 Å². The van der Waals surface area contributed by atoms with Crippen LogP contribution in [0, 0.1) is 5.92 Å². The van der Waals surface area contributed by atoms with Gasteiger partial charge in [-0.15, -0.1) is 0 Å². The van der Waals surface area contributed by atoms with Gasteiger partial charge in [-0.25, -0.2) is 4.79 Å². The molecule has 1 aromatic carbocycles. The van der Waals surface area contributed by atoms with Gasteiger partial charge in [0.1, 0.15) is 6.61 Å². The summed E-state index contributed by atoms with van der Waals surface area (Å²) in [5.74, 6) is -0.742. The molecule has 22 heavy (non-hydrogen) atoms. The van der Waals surface area contributed by atoms with Gasteiger partial charge in [-0.2, -0.15) is 0 Å². The molecule has 6 heteroatoms. The molecular formula is C16H22N2O4. The Morgan fingerprint density at radius 2 is 1.95 bits per heavy atom. The van der Waals surface area contributed by atoms with Gasteiger partial charge in [0.15, 0.2) is 0 Å². The number of hydrogen-bond donors (Lipinski definition) is 3. The standard InChI is InChI=1S/C16H22N2O4/c19-15(20)10-14(13-6-8-17-9-7-13)18-16(21)22-11-12-4-2-1-3-5-12/h1-5,13-14,17H,6-11H2,(H,18,21)(H,19,20)/t14-/m0/s1. The van der Waals surface area contributed by atoms with Gasteiger partial charge in [-0.1, -0.05) is 30.3 Å². The van der Waals surface area contributed by atoms with Crippen molar-refractivity contribution in [3.63, 3.8) is 0 Å². The quantitative estimate of drug-likeness (QED) is 0.745. The molecule has 1 aliphatic heterocycles. The molecule has 0 unspecified atom stereocenters. The lowest BCUT2D eigenvalue weighted by Gasteiger charge is -2.30. The lowest BCUT2D eigenvalue weighted by molar-refractivity contribution is -0.137. The van der Waals surface area contributed by atoms with Crippen molar-refractivity contribution in [1.29, 1.82) is 0 Å². The van der Waals surface area contributed by atoms with E-state index in [2.05, 4.69) is 10.6 Å². The Kier molecular flexibility index (Phi) is 6.21. The van der Waals surface area contributed by atoms with Crippen LogP contribution in [0.2, 0.25) is 0 Å². The predicted octanol–water partition coefficient (Wildman–Crippen LogP) is 1.76. The molecule has 0 aromatic heterocycles. The highest BCUT2D eigenvalue weighted by molar-refractivity contribution is 5.71. The van der Waals surface area contributed by atoms with Crippen LogP contribution in [-0.4, -0.2) is 36.3 Å². The van der Waals surface area contributed by atoms with Crippen molar-refractivity contribution in [1.82, 2.24) is 10.6 Å². The first-order valence-electron chi connectivity index (χ1n) is 7.55. The van der Waals surface area contributed by atoms with E-state index in [9.17, 15) is 9.59 Å². The number of hydrogen-bond acceptors (Lipinski definition) is 4. The van der Waals surface area contributed by atoms with Gasteiger partial charge in [-0.3, -0.25) is 4.79 Å². The highest BCUT2D eigenvalue weighted by atomic mass is 16.5. The minimum Gasteiger partial charge on any atom is -0.481 e. The molecule has 1 fully saturated rings. The van der Waals surface area contributed by atoms with E-state index >= 15 is 0 Å². The van der Waals surface area contributed by atoms with E-state index in [0.717, 1.165) is 31.5 Å². The Morgan fingerprint density at radius 1 is 1.27 bits per heavy atom. The molecule has 0 aliphatic carbocycles. The number of alkyl carbamates (subject to hydrolysis) is 1. The van der Waals surface area contributed by atoms with Crippen LogP contribution in [0.25, 0.3) is 0 Å². The number of carbonyl (C=O) groups is 2. The Hall–Kier alpha value is -2.08. The average molecular weight is 306 g/mol. The second-order valence-electron chi connectivity index (χ2n) is 5.50. The van der Waals surface area contributed by atoms with E-state index in [1.54, 1.807) is 0 Å². The molecule has 1 amide bonds. The summed E-state index contributed by atoms with van der Waals surface area (Å²) in [6.07, 6.45) is 1.08. The molecule has 120 valence electrons. The van der Waals surface area contributed by atoms with E-state index in [1.807, 2.05) is 30.3 Å². The molecule has 0 radical (unpaired) electrons. The molecular weight excluding hydrogens is 284 g/mol. The van der Waals surface area contributed by atoms with Crippen LogP contribution in [0.1, 0.15) is 24.8 Å². The predicted molar refractivity (Wildman–Crippen MR) is 81.4 cm³/mol. The number of aliphatic carboxylic acids is 1. The average Bonchev–Trinajstić information content (AvgIpc) is 2.54. The van der Waals surface area contributed by atoms with Gasteiger partial charge in [0.2, 0.25) is 0 Å². The number of amides is 1. The zero-order valence-electron chi connectivity index (χ0n) is 12.5. The van der Waals surface area contributed by atoms with Crippen LogP contribution in [0.5, 0.6) is 0 Å². The van der Waals surface area contributed by atoms with Crippen molar-refractivity contribution in [2.75, 3.05) is 13.1 Å². The SMILES string of the molecule is O=C(O)C[C@H](NC(=O)OCc1ccccc1)C1CCNCC1. The highest BCUT2D eigenvalue weighted by Crippen LogP contribution is 2.19. The van der Waals surface area contributed by atoms with Crippen molar-refractivity contribution >= 4 is 12.1 Å². The molecule has 0 spiro atoms. The first-order chi connectivity index (χ1) is 10.6. The summed E-state index contributed by atoms with van der Waals surface area (Å²) in [5, 5.41) is 15.0. The molecule has 0 saturated carbocycles. The largest absolute Gasteiger partial charge is 0.481 e. The van der Waals surface area contributed by atoms with E-state index in [4.69, 9.17) is 9.84 Å². The smallest absolute Gasteiger partial charge is 0.407 e. The fourth-order valence-corrected chi connectivity index (χ4v) is 2.69. The van der Waals surface area contributed by atoms with Crippen molar-refractivity contribution < 1.29 is 19.4 Å². The van der Waals surface area contributed by atoms with Crippen LogP contribution in [0.4, 0.5) is 4.79 Å². The van der Waals surface area contributed by atoms with Gasteiger partial charge in [-0.05, 0) is 37.4 Å². The van der Waals surface area contributed by atoms with Crippen molar-refractivity contribution in [2.24, 2.45) is 5.92 Å². The minimum atomic E-state index is -0.910. The molecule has 1 saturated heterocycles. The lowest BCUT2D eigenvalue weighted by Crippen LogP contribution is -2.45. The number of carboxylic acids is 1. The molecule has 3 N–H and O–H groups in total. The lowest BCUT2D eigenvalue weighted by atomic mass is 9.88. The first kappa shape index (κ1) is 16.3. The summed E-state index contributed by atoms with van der Waals surface area (Å²) in [6.45, 7) is 1.88. The maximum atomic E-state index is 11.9. The number of nitrogens with one attached hydrogen (secondary N) is 2. The summed E-state index contributed by atoms with van der Waals surface area (Å²) in [4.78, 5) is 22.9. The molecule has 1 aliphatic rings. The van der Waals surface area contributed by atoms with E-state index in [1.165, 1.54) is 0 Å². The second kappa shape index (κ2) is 8.38. The zero-order valence-corrected chi connectivity index (χ0v) is 12.5. The van der Waals surface area contributed by atoms with E-state index in [0.29, 0.717) is 0 Å². The Labute approximate surface area is 129 Å². The fourth-order valence-electron chi connectivity index (χ4n) is 2.69. The number of rotatable bonds is 6. The van der Waals surface area contributed by atoms with Gasteiger partial charge in [0.25, 0.3) is 0 Å². The van der Waals surface area contributed by atoms with Crippen molar-refractivity contribution in [3.8, 4) is 0 Å². The summed E-state index contributed by atoms with van der Waals surface area (Å²) >= 11 is 0. The van der Waals surface area contributed by atoms with Crippen LogP contribution in [-0.2, 0) is 16.1 Å². The number of benzene rings is 1. The molecule has 2 rings (SSSR count). The maximum Gasteiger partial charge on any atom is 0.407 e. The van der Waals surface area contributed by atoms with E-state index < -0.39 is 12.1 Å². The Balaban J connectivity index is 1.85. The first-order valence-corrected chi connectivity index (χ1v) is 7.55. The second-order valence-corrected chi connectivity index (χ2v) is 5.50. The summed E-state index contributed by atoms with van der Waals surface area (Å²) in [6, 6.07) is 8.99. The maximum absolute atomic E-state index is 11.9. The molecule has 1 aromatic rings. The number of piperidine rings is 1. The molecule has 6 nitrogen and oxygen atoms in total. The molecule has 0 bridgehead atoms. The third-order valence-electron chi connectivity index (χ3n) is 3.86. The summed E-state index contributed by atoms with van der Waals surface area (Å²) < 4.78 is 5.17. The van der Waals surface area contributed by atoms with Crippen molar-refractivity contribution in [2.45, 2.75) is 31.9 Å². The van der Waals surface area contributed by atoms with Gasteiger partial charge in [0, 0.05) is 6.04 Å². The van der Waals surface area contributed by atoms with Crippen LogP contribution in [0.3, 0.4) is 0 Å². The Morgan fingerprint density at radius 3 is 2.59 bits per heavy atom. The third kappa shape index (κ3) is 5.37. The molecule has 1 heterocycles. The zero-order chi connectivity index (χ0) is 15.8. The minimum absolute atomic E-state index is 0.0783. The van der Waals surface area contributed by atoms with Gasteiger partial charge < -0.3 is 20.5 Å². The number of ether oxygens (including phenoxy) is 1. The number of carbonyl (C=O) groups excluding carboxylic acids is 1. The topological polar surface area (TPSA) is 87.7 Å². The fraction of sp³-hybridized carbons (Fsp3) is 0.500.